The molecule has 2 aromatic rings. The summed E-state index contributed by atoms with van der Waals surface area (Å²) in [5.41, 5.74) is 4.35. The molecule has 0 saturated carbocycles. The standard InChI is InChI=1S/C20H20O3/c1-14-8-10-18-20(15(2)12-22-18)17(14)9-11-19(21)23-13-16-6-4-3-5-7-16/h3-11,15H,12-13H2,1-2H3/b11-9+. The first kappa shape index (κ1) is 15.3. The molecule has 0 fully saturated rings. The van der Waals surface area contributed by atoms with E-state index < -0.39 is 0 Å². The Balaban J connectivity index is 1.71. The summed E-state index contributed by atoms with van der Waals surface area (Å²) in [7, 11) is 0. The molecular weight excluding hydrogens is 288 g/mol. The highest BCUT2D eigenvalue weighted by Crippen LogP contribution is 2.38. The number of hydrogen-bond donors (Lipinski definition) is 0. The molecule has 0 radical (unpaired) electrons. The van der Waals surface area contributed by atoms with Crippen molar-refractivity contribution in [2.75, 3.05) is 6.61 Å². The normalized spacial score (nSPS) is 16.2. The number of esters is 1. The molecule has 3 rings (SSSR count). The van der Waals surface area contributed by atoms with E-state index in [2.05, 4.69) is 6.92 Å². The Morgan fingerprint density at radius 2 is 2.04 bits per heavy atom. The highest BCUT2D eigenvalue weighted by Gasteiger charge is 2.23. The summed E-state index contributed by atoms with van der Waals surface area (Å²) in [5.74, 6) is 0.919. The Kier molecular flexibility index (Phi) is 4.47. The molecule has 1 unspecified atom stereocenters. The van der Waals surface area contributed by atoms with E-state index in [0.29, 0.717) is 12.5 Å². The van der Waals surface area contributed by atoms with E-state index in [1.54, 1.807) is 0 Å². The second kappa shape index (κ2) is 6.69. The zero-order valence-corrected chi connectivity index (χ0v) is 13.4. The molecule has 1 aliphatic heterocycles. The van der Waals surface area contributed by atoms with Crippen molar-refractivity contribution in [3.05, 3.63) is 70.8 Å². The van der Waals surface area contributed by atoms with Crippen LogP contribution in [0.2, 0.25) is 0 Å². The lowest BCUT2D eigenvalue weighted by atomic mass is 9.93. The molecule has 118 valence electrons. The second-order valence-corrected chi connectivity index (χ2v) is 5.85. The molecule has 0 aromatic heterocycles. The molecule has 0 aliphatic carbocycles. The highest BCUT2D eigenvalue weighted by molar-refractivity contribution is 5.88. The van der Waals surface area contributed by atoms with Crippen LogP contribution in [0.3, 0.4) is 0 Å². The fourth-order valence-electron chi connectivity index (χ4n) is 2.81. The third kappa shape index (κ3) is 3.45. The topological polar surface area (TPSA) is 35.5 Å². The Labute approximate surface area is 136 Å². The smallest absolute Gasteiger partial charge is 0.331 e. The molecule has 0 saturated heterocycles. The predicted octanol–water partition coefficient (Wildman–Crippen LogP) is 4.25. The lowest BCUT2D eigenvalue weighted by molar-refractivity contribution is -0.138. The fourth-order valence-corrected chi connectivity index (χ4v) is 2.81. The lowest BCUT2D eigenvalue weighted by Gasteiger charge is -2.09. The van der Waals surface area contributed by atoms with E-state index in [-0.39, 0.29) is 12.6 Å². The van der Waals surface area contributed by atoms with Gasteiger partial charge in [0.15, 0.2) is 0 Å². The number of fused-ring (bicyclic) bond motifs is 1. The van der Waals surface area contributed by atoms with Crippen molar-refractivity contribution in [3.63, 3.8) is 0 Å². The highest BCUT2D eigenvalue weighted by atomic mass is 16.5. The molecule has 1 aliphatic rings. The minimum atomic E-state index is -0.336. The molecule has 0 amide bonds. The summed E-state index contributed by atoms with van der Waals surface area (Å²) < 4.78 is 10.9. The van der Waals surface area contributed by atoms with Crippen LogP contribution in [0.4, 0.5) is 0 Å². The van der Waals surface area contributed by atoms with Crippen LogP contribution in [-0.2, 0) is 16.1 Å². The number of hydrogen-bond acceptors (Lipinski definition) is 3. The maximum atomic E-state index is 11.9. The summed E-state index contributed by atoms with van der Waals surface area (Å²) in [6.45, 7) is 5.16. The third-order valence-electron chi connectivity index (χ3n) is 4.06. The first-order valence-electron chi connectivity index (χ1n) is 7.80. The number of ether oxygens (including phenoxy) is 2. The number of rotatable bonds is 4. The first-order chi connectivity index (χ1) is 11.1. The van der Waals surface area contributed by atoms with Crippen LogP contribution in [0.1, 0.15) is 35.1 Å². The van der Waals surface area contributed by atoms with E-state index in [4.69, 9.17) is 9.47 Å². The van der Waals surface area contributed by atoms with Gasteiger partial charge in [-0.15, -0.1) is 0 Å². The van der Waals surface area contributed by atoms with Crippen LogP contribution in [0.25, 0.3) is 6.08 Å². The molecular formula is C20H20O3. The molecule has 2 aromatic carbocycles. The Morgan fingerprint density at radius 1 is 1.26 bits per heavy atom. The molecule has 23 heavy (non-hydrogen) atoms. The maximum Gasteiger partial charge on any atom is 0.331 e. The molecule has 0 bridgehead atoms. The van der Waals surface area contributed by atoms with Crippen molar-refractivity contribution in [3.8, 4) is 5.75 Å². The van der Waals surface area contributed by atoms with E-state index in [9.17, 15) is 4.79 Å². The average molecular weight is 308 g/mol. The van der Waals surface area contributed by atoms with Crippen molar-refractivity contribution < 1.29 is 14.3 Å². The van der Waals surface area contributed by atoms with Gasteiger partial charge in [0, 0.05) is 17.6 Å². The van der Waals surface area contributed by atoms with Gasteiger partial charge < -0.3 is 9.47 Å². The fraction of sp³-hybridized carbons (Fsp3) is 0.250. The largest absolute Gasteiger partial charge is 0.493 e. The van der Waals surface area contributed by atoms with Crippen LogP contribution in [0.5, 0.6) is 5.75 Å². The Morgan fingerprint density at radius 3 is 2.83 bits per heavy atom. The molecule has 0 N–H and O–H groups in total. The van der Waals surface area contributed by atoms with Crippen molar-refractivity contribution in [1.29, 1.82) is 0 Å². The summed E-state index contributed by atoms with van der Waals surface area (Å²) in [5, 5.41) is 0. The molecule has 0 spiro atoms. The van der Waals surface area contributed by atoms with Gasteiger partial charge in [0.25, 0.3) is 0 Å². The SMILES string of the molecule is Cc1ccc2c(c1/C=C/C(=O)OCc1ccccc1)C(C)CO2. The monoisotopic (exact) mass is 308 g/mol. The molecule has 1 atom stereocenters. The van der Waals surface area contributed by atoms with Crippen LogP contribution >= 0.6 is 0 Å². The minimum absolute atomic E-state index is 0.287. The first-order valence-corrected chi connectivity index (χ1v) is 7.80. The van der Waals surface area contributed by atoms with Crippen LogP contribution < -0.4 is 4.74 Å². The van der Waals surface area contributed by atoms with Crippen molar-refractivity contribution in [2.45, 2.75) is 26.4 Å². The van der Waals surface area contributed by atoms with Crippen molar-refractivity contribution >= 4 is 12.0 Å². The lowest BCUT2D eigenvalue weighted by Crippen LogP contribution is -2.01. The molecule has 3 nitrogen and oxygen atoms in total. The summed E-state index contributed by atoms with van der Waals surface area (Å²) in [6.07, 6.45) is 3.34. The zero-order chi connectivity index (χ0) is 16.2. The van der Waals surface area contributed by atoms with Gasteiger partial charge in [0.05, 0.1) is 6.61 Å². The Bertz CT molecular complexity index is 732. The van der Waals surface area contributed by atoms with Gasteiger partial charge in [-0.3, -0.25) is 0 Å². The van der Waals surface area contributed by atoms with Gasteiger partial charge in [-0.2, -0.15) is 0 Å². The van der Waals surface area contributed by atoms with Crippen LogP contribution in [0.15, 0.2) is 48.5 Å². The number of carbonyl (C=O) groups is 1. The van der Waals surface area contributed by atoms with E-state index in [1.165, 1.54) is 11.6 Å². The van der Waals surface area contributed by atoms with Crippen LogP contribution in [-0.4, -0.2) is 12.6 Å². The molecule has 3 heteroatoms. The number of benzene rings is 2. The molecule has 1 heterocycles. The zero-order valence-electron chi connectivity index (χ0n) is 13.4. The minimum Gasteiger partial charge on any atom is -0.493 e. The van der Waals surface area contributed by atoms with E-state index >= 15 is 0 Å². The van der Waals surface area contributed by atoms with Gasteiger partial charge >= 0.3 is 5.97 Å². The Hall–Kier alpha value is -2.55. The number of carbonyl (C=O) groups excluding carboxylic acids is 1. The quantitative estimate of drug-likeness (QED) is 0.626. The second-order valence-electron chi connectivity index (χ2n) is 5.85. The number of aryl methyl sites for hydroxylation is 1. The third-order valence-corrected chi connectivity index (χ3v) is 4.06. The van der Waals surface area contributed by atoms with E-state index in [0.717, 1.165) is 22.4 Å². The van der Waals surface area contributed by atoms with Gasteiger partial charge in [-0.1, -0.05) is 43.3 Å². The maximum absolute atomic E-state index is 11.9. The average Bonchev–Trinajstić information content (AvgIpc) is 2.94. The van der Waals surface area contributed by atoms with Gasteiger partial charge in [-0.05, 0) is 35.8 Å². The predicted molar refractivity (Wildman–Crippen MR) is 90.4 cm³/mol. The summed E-state index contributed by atoms with van der Waals surface area (Å²) in [6, 6.07) is 13.7. The van der Waals surface area contributed by atoms with Gasteiger partial charge in [-0.25, -0.2) is 4.79 Å². The van der Waals surface area contributed by atoms with Gasteiger partial charge in [0.1, 0.15) is 12.4 Å². The van der Waals surface area contributed by atoms with Gasteiger partial charge in [0.2, 0.25) is 0 Å². The van der Waals surface area contributed by atoms with E-state index in [1.807, 2.05) is 55.5 Å². The van der Waals surface area contributed by atoms with Crippen LogP contribution in [0, 0.1) is 6.92 Å². The van der Waals surface area contributed by atoms with Crippen molar-refractivity contribution in [1.82, 2.24) is 0 Å². The summed E-state index contributed by atoms with van der Waals surface area (Å²) >= 11 is 0. The van der Waals surface area contributed by atoms with Crippen molar-refractivity contribution in [2.24, 2.45) is 0 Å². The summed E-state index contributed by atoms with van der Waals surface area (Å²) in [4.78, 5) is 11.9.